The summed E-state index contributed by atoms with van der Waals surface area (Å²) in [5.74, 6) is 6.74. The number of anilines is 2. The molecule has 100 valence electrons. The Hall–Kier alpha value is -1.40. The second-order valence-corrected chi connectivity index (χ2v) is 4.81. The lowest BCUT2D eigenvalue weighted by atomic mass is 10.3. The molecule has 1 aliphatic rings. The maximum Gasteiger partial charge on any atom is 0.239 e. The van der Waals surface area contributed by atoms with Crippen LogP contribution in [0.15, 0.2) is 6.20 Å². The van der Waals surface area contributed by atoms with E-state index in [1.165, 1.54) is 25.9 Å². The summed E-state index contributed by atoms with van der Waals surface area (Å²) in [6.45, 7) is 6.54. The zero-order chi connectivity index (χ0) is 13.0. The average molecular weight is 250 g/mol. The Kier molecular flexibility index (Phi) is 4.33. The SMILES string of the molecule is Cc1cnc(NN)nc1N(C)CCN1CCCC1. The summed E-state index contributed by atoms with van der Waals surface area (Å²) >= 11 is 0. The molecule has 2 heterocycles. The van der Waals surface area contributed by atoms with Gasteiger partial charge < -0.3 is 9.80 Å². The van der Waals surface area contributed by atoms with Crippen LogP contribution in [0.3, 0.4) is 0 Å². The Bertz CT molecular complexity index is 388. The van der Waals surface area contributed by atoms with Crippen molar-refractivity contribution in [1.29, 1.82) is 0 Å². The summed E-state index contributed by atoms with van der Waals surface area (Å²) in [6, 6.07) is 0. The summed E-state index contributed by atoms with van der Waals surface area (Å²) in [7, 11) is 2.06. The van der Waals surface area contributed by atoms with E-state index >= 15 is 0 Å². The summed E-state index contributed by atoms with van der Waals surface area (Å²) in [5, 5.41) is 0. The number of nitrogens with zero attached hydrogens (tertiary/aromatic N) is 4. The summed E-state index contributed by atoms with van der Waals surface area (Å²) in [6.07, 6.45) is 4.46. The van der Waals surface area contributed by atoms with Gasteiger partial charge in [-0.05, 0) is 32.9 Å². The van der Waals surface area contributed by atoms with Crippen LogP contribution in [-0.2, 0) is 0 Å². The molecule has 0 aromatic carbocycles. The highest BCUT2D eigenvalue weighted by Crippen LogP contribution is 2.16. The van der Waals surface area contributed by atoms with Crippen LogP contribution >= 0.6 is 0 Å². The lowest BCUT2D eigenvalue weighted by Crippen LogP contribution is -2.32. The van der Waals surface area contributed by atoms with Crippen molar-refractivity contribution >= 4 is 11.8 Å². The van der Waals surface area contributed by atoms with Crippen LogP contribution in [0.2, 0.25) is 0 Å². The number of likely N-dealkylation sites (tertiary alicyclic amines) is 1. The third kappa shape index (κ3) is 3.08. The van der Waals surface area contributed by atoms with Crippen molar-refractivity contribution < 1.29 is 0 Å². The van der Waals surface area contributed by atoms with Crippen molar-refractivity contribution in [3.05, 3.63) is 11.8 Å². The first kappa shape index (κ1) is 13.0. The fourth-order valence-electron chi connectivity index (χ4n) is 2.29. The number of likely N-dealkylation sites (N-methyl/N-ethyl adjacent to an activating group) is 1. The number of hydrazine groups is 1. The van der Waals surface area contributed by atoms with E-state index in [4.69, 9.17) is 5.84 Å². The lowest BCUT2D eigenvalue weighted by molar-refractivity contribution is 0.346. The lowest BCUT2D eigenvalue weighted by Gasteiger charge is -2.23. The van der Waals surface area contributed by atoms with Crippen LogP contribution in [0, 0.1) is 6.92 Å². The Morgan fingerprint density at radius 2 is 2.17 bits per heavy atom. The minimum absolute atomic E-state index is 0.462. The van der Waals surface area contributed by atoms with Gasteiger partial charge in [-0.25, -0.2) is 10.8 Å². The number of nitrogens with two attached hydrogens (primary N) is 1. The fraction of sp³-hybridized carbons (Fsp3) is 0.667. The molecule has 0 spiro atoms. The molecule has 0 radical (unpaired) electrons. The summed E-state index contributed by atoms with van der Waals surface area (Å²) in [5.41, 5.74) is 3.55. The van der Waals surface area contributed by atoms with Gasteiger partial charge in [0.05, 0.1) is 0 Å². The van der Waals surface area contributed by atoms with Gasteiger partial charge in [-0.3, -0.25) is 5.43 Å². The average Bonchev–Trinajstić information content (AvgIpc) is 2.89. The van der Waals surface area contributed by atoms with E-state index in [2.05, 4.69) is 32.2 Å². The van der Waals surface area contributed by atoms with Gasteiger partial charge in [-0.1, -0.05) is 0 Å². The van der Waals surface area contributed by atoms with Gasteiger partial charge in [0.25, 0.3) is 0 Å². The number of aromatic nitrogens is 2. The molecule has 1 aromatic heterocycles. The highest BCUT2D eigenvalue weighted by molar-refractivity contribution is 5.47. The number of rotatable bonds is 5. The number of nitrogens with one attached hydrogen (secondary N) is 1. The maximum absolute atomic E-state index is 5.34. The molecule has 1 fully saturated rings. The van der Waals surface area contributed by atoms with Crippen LogP contribution in [0.5, 0.6) is 0 Å². The van der Waals surface area contributed by atoms with Crippen LogP contribution in [0.1, 0.15) is 18.4 Å². The van der Waals surface area contributed by atoms with E-state index in [-0.39, 0.29) is 0 Å². The van der Waals surface area contributed by atoms with Crippen molar-refractivity contribution in [3.63, 3.8) is 0 Å². The van der Waals surface area contributed by atoms with Gasteiger partial charge >= 0.3 is 0 Å². The zero-order valence-corrected chi connectivity index (χ0v) is 11.2. The highest BCUT2D eigenvalue weighted by Gasteiger charge is 2.13. The molecular formula is C12H22N6. The number of aryl methyl sites for hydroxylation is 1. The molecule has 1 aliphatic heterocycles. The first-order chi connectivity index (χ1) is 8.70. The van der Waals surface area contributed by atoms with E-state index in [9.17, 15) is 0 Å². The van der Waals surface area contributed by atoms with E-state index in [1.807, 2.05) is 6.92 Å². The van der Waals surface area contributed by atoms with Crippen molar-refractivity contribution in [2.45, 2.75) is 19.8 Å². The van der Waals surface area contributed by atoms with Crippen LogP contribution in [0.4, 0.5) is 11.8 Å². The van der Waals surface area contributed by atoms with Gasteiger partial charge in [0, 0.05) is 31.9 Å². The molecule has 0 saturated carbocycles. The third-order valence-corrected chi connectivity index (χ3v) is 3.39. The smallest absolute Gasteiger partial charge is 0.239 e. The van der Waals surface area contributed by atoms with Gasteiger partial charge in [0.2, 0.25) is 5.95 Å². The predicted octanol–water partition coefficient (Wildman–Crippen LogP) is 0.603. The monoisotopic (exact) mass is 250 g/mol. The number of hydrogen-bond acceptors (Lipinski definition) is 6. The number of nitrogen functional groups attached to an aromatic ring is 1. The third-order valence-electron chi connectivity index (χ3n) is 3.39. The largest absolute Gasteiger partial charge is 0.358 e. The predicted molar refractivity (Wildman–Crippen MR) is 73.5 cm³/mol. The minimum atomic E-state index is 0.462. The van der Waals surface area contributed by atoms with E-state index in [1.54, 1.807) is 6.20 Å². The topological polar surface area (TPSA) is 70.3 Å². The molecule has 0 unspecified atom stereocenters. The van der Waals surface area contributed by atoms with Gasteiger partial charge in [-0.2, -0.15) is 4.98 Å². The van der Waals surface area contributed by atoms with Crippen molar-refractivity contribution in [1.82, 2.24) is 14.9 Å². The fourth-order valence-corrected chi connectivity index (χ4v) is 2.29. The Balaban J connectivity index is 1.96. The molecule has 3 N–H and O–H groups in total. The van der Waals surface area contributed by atoms with Crippen molar-refractivity contribution in [3.8, 4) is 0 Å². The molecule has 0 atom stereocenters. The van der Waals surface area contributed by atoms with Crippen LogP contribution < -0.4 is 16.2 Å². The first-order valence-electron chi connectivity index (χ1n) is 6.44. The van der Waals surface area contributed by atoms with Crippen LogP contribution in [0.25, 0.3) is 0 Å². The maximum atomic E-state index is 5.34. The molecule has 0 bridgehead atoms. The molecule has 6 nitrogen and oxygen atoms in total. The van der Waals surface area contributed by atoms with E-state index in [0.717, 1.165) is 24.5 Å². The Labute approximate surface area is 108 Å². The number of hydrogen-bond donors (Lipinski definition) is 2. The minimum Gasteiger partial charge on any atom is -0.358 e. The van der Waals surface area contributed by atoms with E-state index < -0.39 is 0 Å². The Morgan fingerprint density at radius 3 is 2.83 bits per heavy atom. The molecule has 0 aliphatic carbocycles. The molecule has 2 rings (SSSR count). The molecule has 0 amide bonds. The summed E-state index contributed by atoms with van der Waals surface area (Å²) in [4.78, 5) is 13.1. The van der Waals surface area contributed by atoms with Gasteiger partial charge in [0.1, 0.15) is 5.82 Å². The molecule has 1 aromatic rings. The Morgan fingerprint density at radius 1 is 1.44 bits per heavy atom. The second kappa shape index (κ2) is 5.97. The van der Waals surface area contributed by atoms with Gasteiger partial charge in [0.15, 0.2) is 0 Å². The van der Waals surface area contributed by atoms with Gasteiger partial charge in [-0.15, -0.1) is 0 Å². The molecule has 18 heavy (non-hydrogen) atoms. The zero-order valence-electron chi connectivity index (χ0n) is 11.2. The molecular weight excluding hydrogens is 228 g/mol. The molecule has 6 heteroatoms. The first-order valence-corrected chi connectivity index (χ1v) is 6.44. The van der Waals surface area contributed by atoms with Crippen LogP contribution in [-0.4, -0.2) is 48.1 Å². The van der Waals surface area contributed by atoms with E-state index in [0.29, 0.717) is 5.95 Å². The van der Waals surface area contributed by atoms with Crippen molar-refractivity contribution in [2.75, 3.05) is 43.6 Å². The quantitative estimate of drug-likeness (QED) is 0.589. The normalized spacial score (nSPS) is 15.9. The summed E-state index contributed by atoms with van der Waals surface area (Å²) < 4.78 is 0. The van der Waals surface area contributed by atoms with Crippen molar-refractivity contribution in [2.24, 2.45) is 5.84 Å². The standard InChI is InChI=1S/C12H22N6/c1-10-9-14-12(16-13)15-11(10)17(2)7-8-18-5-3-4-6-18/h9H,3-8,13H2,1-2H3,(H,14,15,16). The highest BCUT2D eigenvalue weighted by atomic mass is 15.3. The molecule has 1 saturated heterocycles. The second-order valence-electron chi connectivity index (χ2n) is 4.81.